The van der Waals surface area contributed by atoms with Crippen LogP contribution < -0.4 is 4.74 Å². The minimum absolute atomic E-state index is 0.0800. The van der Waals surface area contributed by atoms with Gasteiger partial charge in [0.2, 0.25) is 0 Å². The third-order valence-electron chi connectivity index (χ3n) is 2.67. The molecule has 0 saturated heterocycles. The molecule has 1 rings (SSSR count). The van der Waals surface area contributed by atoms with Crippen molar-refractivity contribution in [2.24, 2.45) is 5.92 Å². The molecular formula is C15H19FO2S. The predicted molar refractivity (Wildman–Crippen MR) is 80.9 cm³/mol. The molecule has 19 heavy (non-hydrogen) atoms. The normalized spacial score (nSPS) is 12.6. The van der Waals surface area contributed by atoms with Gasteiger partial charge >= 0.3 is 0 Å². The Bertz CT molecular complexity index is 432. The van der Waals surface area contributed by atoms with E-state index in [4.69, 9.17) is 9.84 Å². The topological polar surface area (TPSA) is 29.5 Å². The molecule has 0 bridgehead atoms. The van der Waals surface area contributed by atoms with Crippen LogP contribution in [0.2, 0.25) is 0 Å². The van der Waals surface area contributed by atoms with Crippen LogP contribution in [0.4, 0.5) is 3.89 Å². The molecule has 0 radical (unpaired) electrons. The number of halogens is 1. The van der Waals surface area contributed by atoms with E-state index in [0.29, 0.717) is 12.4 Å². The van der Waals surface area contributed by atoms with Gasteiger partial charge in [-0.3, -0.25) is 0 Å². The van der Waals surface area contributed by atoms with Gasteiger partial charge in [-0.15, -0.1) is 0 Å². The van der Waals surface area contributed by atoms with Crippen LogP contribution in [0, 0.1) is 5.92 Å². The third kappa shape index (κ3) is 5.09. The van der Waals surface area contributed by atoms with E-state index in [0.717, 1.165) is 11.1 Å². The lowest BCUT2D eigenvalue weighted by atomic mass is 10.1. The van der Waals surface area contributed by atoms with E-state index >= 15 is 0 Å². The van der Waals surface area contributed by atoms with Crippen molar-refractivity contribution in [1.29, 1.82) is 0 Å². The van der Waals surface area contributed by atoms with E-state index in [1.165, 1.54) is 0 Å². The van der Waals surface area contributed by atoms with E-state index in [1.807, 2.05) is 37.3 Å². The number of hydrogen-bond acceptors (Lipinski definition) is 3. The first-order valence-electron chi connectivity index (χ1n) is 6.11. The standard InChI is InChI=1S/C15H19FO2S/c1-3-5-14-8-15(7-6-13(14)4-2)18-10-12(9-17)11-19-16/h3-8,12,17H,2,9-11H2,1H3/b5-3-. The van der Waals surface area contributed by atoms with Gasteiger partial charge in [0, 0.05) is 23.8 Å². The molecule has 0 aromatic heterocycles. The van der Waals surface area contributed by atoms with Crippen molar-refractivity contribution < 1.29 is 13.7 Å². The van der Waals surface area contributed by atoms with Crippen LogP contribution in [0.1, 0.15) is 18.1 Å². The fourth-order valence-electron chi connectivity index (χ4n) is 1.61. The molecule has 1 atom stereocenters. The highest BCUT2D eigenvalue weighted by Gasteiger charge is 2.09. The molecule has 0 aliphatic rings. The van der Waals surface area contributed by atoms with E-state index in [9.17, 15) is 3.89 Å². The first-order valence-corrected chi connectivity index (χ1v) is 7.00. The van der Waals surface area contributed by atoms with Crippen molar-refractivity contribution in [2.75, 3.05) is 19.0 Å². The van der Waals surface area contributed by atoms with Crippen LogP contribution in [0.25, 0.3) is 12.2 Å². The van der Waals surface area contributed by atoms with Gasteiger partial charge in [-0.25, -0.2) is 0 Å². The molecule has 1 unspecified atom stereocenters. The van der Waals surface area contributed by atoms with Crippen molar-refractivity contribution in [3.8, 4) is 5.75 Å². The number of allylic oxidation sites excluding steroid dienone is 1. The third-order valence-corrected chi connectivity index (χ3v) is 3.26. The fourth-order valence-corrected chi connectivity index (χ4v) is 1.99. The molecule has 0 aliphatic heterocycles. The molecule has 0 heterocycles. The Morgan fingerprint density at radius 2 is 2.26 bits per heavy atom. The van der Waals surface area contributed by atoms with E-state index in [-0.39, 0.29) is 30.4 Å². The highest BCUT2D eigenvalue weighted by Crippen LogP contribution is 2.21. The molecule has 104 valence electrons. The van der Waals surface area contributed by atoms with Crippen LogP contribution >= 0.6 is 12.1 Å². The maximum atomic E-state index is 12.1. The number of rotatable bonds is 8. The fraction of sp³-hybridized carbons (Fsp3) is 0.333. The quantitative estimate of drug-likeness (QED) is 0.782. The van der Waals surface area contributed by atoms with E-state index in [2.05, 4.69) is 6.58 Å². The molecule has 1 aromatic carbocycles. The lowest BCUT2D eigenvalue weighted by Gasteiger charge is -2.14. The van der Waals surface area contributed by atoms with Crippen LogP contribution in [-0.2, 0) is 0 Å². The minimum atomic E-state index is -0.195. The Morgan fingerprint density at radius 1 is 1.47 bits per heavy atom. The van der Waals surface area contributed by atoms with Gasteiger partial charge in [-0.05, 0) is 30.2 Å². The van der Waals surface area contributed by atoms with Crippen molar-refractivity contribution in [3.05, 3.63) is 42.0 Å². The maximum Gasteiger partial charge on any atom is 0.119 e. The summed E-state index contributed by atoms with van der Waals surface area (Å²) in [6.07, 6.45) is 5.71. The highest BCUT2D eigenvalue weighted by atomic mass is 32.2. The largest absolute Gasteiger partial charge is 0.493 e. The summed E-state index contributed by atoms with van der Waals surface area (Å²) < 4.78 is 17.7. The Balaban J connectivity index is 2.73. The lowest BCUT2D eigenvalue weighted by molar-refractivity contribution is 0.177. The summed E-state index contributed by atoms with van der Waals surface area (Å²) in [6.45, 7) is 5.93. The average molecular weight is 282 g/mol. The molecule has 0 aliphatic carbocycles. The van der Waals surface area contributed by atoms with Gasteiger partial charge in [0.05, 0.1) is 13.2 Å². The number of aliphatic hydroxyl groups excluding tert-OH is 1. The molecule has 2 nitrogen and oxygen atoms in total. The Kier molecular flexibility index (Phi) is 7.30. The van der Waals surface area contributed by atoms with E-state index < -0.39 is 0 Å². The lowest BCUT2D eigenvalue weighted by Crippen LogP contribution is -2.18. The molecule has 0 amide bonds. The molecular weight excluding hydrogens is 263 g/mol. The van der Waals surface area contributed by atoms with Crippen molar-refractivity contribution in [3.63, 3.8) is 0 Å². The maximum absolute atomic E-state index is 12.1. The molecule has 1 N–H and O–H groups in total. The van der Waals surface area contributed by atoms with Crippen molar-refractivity contribution in [1.82, 2.24) is 0 Å². The van der Waals surface area contributed by atoms with Gasteiger partial charge in [0.25, 0.3) is 0 Å². The van der Waals surface area contributed by atoms with E-state index in [1.54, 1.807) is 6.08 Å². The van der Waals surface area contributed by atoms with Gasteiger partial charge in [0.1, 0.15) is 5.75 Å². The Hall–Kier alpha value is -1.26. The molecule has 0 fully saturated rings. The van der Waals surface area contributed by atoms with Crippen LogP contribution in [0.15, 0.2) is 30.9 Å². The SMILES string of the molecule is C=Cc1ccc(OCC(CO)CSF)cc1/C=C\C. The summed E-state index contributed by atoms with van der Waals surface area (Å²) in [6, 6.07) is 5.69. The summed E-state index contributed by atoms with van der Waals surface area (Å²) >= 11 is 0.222. The molecule has 0 saturated carbocycles. The number of aliphatic hydroxyl groups is 1. The predicted octanol–water partition coefficient (Wildman–Crippen LogP) is 3.97. The number of ether oxygens (including phenoxy) is 1. The summed E-state index contributed by atoms with van der Waals surface area (Å²) in [5.74, 6) is 0.753. The first kappa shape index (κ1) is 15.8. The van der Waals surface area contributed by atoms with Crippen LogP contribution in [-0.4, -0.2) is 24.1 Å². The summed E-state index contributed by atoms with van der Waals surface area (Å²) in [5.41, 5.74) is 2.05. The highest BCUT2D eigenvalue weighted by molar-refractivity contribution is 7.94. The zero-order valence-electron chi connectivity index (χ0n) is 11.0. The van der Waals surface area contributed by atoms with Crippen LogP contribution in [0.5, 0.6) is 5.75 Å². The monoisotopic (exact) mass is 282 g/mol. The van der Waals surface area contributed by atoms with Gasteiger partial charge in [-0.1, -0.05) is 30.9 Å². The smallest absolute Gasteiger partial charge is 0.119 e. The van der Waals surface area contributed by atoms with Crippen molar-refractivity contribution >= 4 is 24.3 Å². The summed E-state index contributed by atoms with van der Waals surface area (Å²) in [4.78, 5) is 0. The molecule has 4 heteroatoms. The second-order valence-corrected chi connectivity index (χ2v) is 4.68. The van der Waals surface area contributed by atoms with Gasteiger partial charge in [0.15, 0.2) is 0 Å². The summed E-state index contributed by atoms with van der Waals surface area (Å²) in [7, 11) is 0. The zero-order valence-corrected chi connectivity index (χ0v) is 11.8. The second kappa shape index (κ2) is 8.77. The van der Waals surface area contributed by atoms with Gasteiger partial charge in [-0.2, -0.15) is 3.89 Å². The molecule has 0 spiro atoms. The Morgan fingerprint density at radius 3 is 2.84 bits per heavy atom. The van der Waals surface area contributed by atoms with Gasteiger partial charge < -0.3 is 9.84 Å². The first-order chi connectivity index (χ1) is 9.24. The summed E-state index contributed by atoms with van der Waals surface area (Å²) in [5, 5.41) is 9.07. The molecule has 1 aromatic rings. The average Bonchev–Trinajstić information content (AvgIpc) is 2.44. The Labute approximate surface area is 118 Å². The minimum Gasteiger partial charge on any atom is -0.493 e. The van der Waals surface area contributed by atoms with Crippen LogP contribution in [0.3, 0.4) is 0 Å². The number of benzene rings is 1. The zero-order chi connectivity index (χ0) is 14.1. The number of hydrogen-bond donors (Lipinski definition) is 1. The van der Waals surface area contributed by atoms with Crippen molar-refractivity contribution in [2.45, 2.75) is 6.92 Å². The second-order valence-electron chi connectivity index (χ2n) is 4.13.